The summed E-state index contributed by atoms with van der Waals surface area (Å²) in [5, 5.41) is 12.8. The van der Waals surface area contributed by atoms with Gasteiger partial charge < -0.3 is 5.11 Å². The molecular formula is C20H32N2O. The second kappa shape index (κ2) is 11.2. The van der Waals surface area contributed by atoms with E-state index in [1.54, 1.807) is 0 Å². The van der Waals surface area contributed by atoms with E-state index in [9.17, 15) is 5.11 Å². The summed E-state index contributed by atoms with van der Waals surface area (Å²) in [6.07, 6.45) is 0. The Kier molecular flexibility index (Phi) is 9.63. The van der Waals surface area contributed by atoms with Crippen LogP contribution in [0.1, 0.15) is 33.3 Å². The molecule has 0 aromatic heterocycles. The molecule has 23 heavy (non-hydrogen) atoms. The molecular weight excluding hydrogens is 284 g/mol. The summed E-state index contributed by atoms with van der Waals surface area (Å²) in [6.45, 7) is 12.6. The molecule has 1 atom stereocenters. The second-order valence-corrected chi connectivity index (χ2v) is 6.90. The highest BCUT2D eigenvalue weighted by Crippen LogP contribution is 2.03. The minimum atomic E-state index is -0.171. The van der Waals surface area contributed by atoms with Crippen LogP contribution in [0.15, 0.2) is 30.3 Å². The molecule has 0 amide bonds. The summed E-state index contributed by atoms with van der Waals surface area (Å²) in [5.41, 5.74) is 1.20. The van der Waals surface area contributed by atoms with Gasteiger partial charge in [0.2, 0.25) is 0 Å². The number of nitrogens with one attached hydrogen (secondary N) is 1. The van der Waals surface area contributed by atoms with Gasteiger partial charge in [0.15, 0.2) is 0 Å². The van der Waals surface area contributed by atoms with Gasteiger partial charge in [-0.05, 0) is 17.4 Å². The smallest absolute Gasteiger partial charge is 0.0926 e. The summed E-state index contributed by atoms with van der Waals surface area (Å²) in [7, 11) is 0. The molecule has 0 bridgehead atoms. The van der Waals surface area contributed by atoms with E-state index >= 15 is 0 Å². The van der Waals surface area contributed by atoms with Crippen LogP contribution in [0.3, 0.4) is 0 Å². The lowest BCUT2D eigenvalue weighted by Crippen LogP contribution is -2.33. The van der Waals surface area contributed by atoms with Crippen LogP contribution in [0.4, 0.5) is 0 Å². The first-order chi connectivity index (χ1) is 11.0. The van der Waals surface area contributed by atoms with Crippen molar-refractivity contribution in [3.8, 4) is 11.8 Å². The molecule has 1 rings (SSSR count). The summed E-state index contributed by atoms with van der Waals surface area (Å²) in [5.74, 6) is 7.68. The maximum atomic E-state index is 9.48. The van der Waals surface area contributed by atoms with E-state index in [1.165, 1.54) is 5.56 Å². The molecule has 1 aromatic carbocycles. The van der Waals surface area contributed by atoms with Gasteiger partial charge in [0.1, 0.15) is 0 Å². The number of aliphatic hydroxyl groups excluding tert-OH is 1. The van der Waals surface area contributed by atoms with Gasteiger partial charge >= 0.3 is 0 Å². The topological polar surface area (TPSA) is 35.5 Å². The number of benzene rings is 1. The molecule has 0 saturated carbocycles. The fraction of sp³-hybridized carbons (Fsp3) is 0.600. The predicted molar refractivity (Wildman–Crippen MR) is 98.0 cm³/mol. The van der Waals surface area contributed by atoms with Crippen LogP contribution in [-0.4, -0.2) is 42.3 Å². The fourth-order valence-corrected chi connectivity index (χ4v) is 2.52. The van der Waals surface area contributed by atoms with Crippen molar-refractivity contribution in [2.24, 2.45) is 11.8 Å². The van der Waals surface area contributed by atoms with Gasteiger partial charge in [-0.3, -0.25) is 10.2 Å². The van der Waals surface area contributed by atoms with Crippen molar-refractivity contribution in [2.45, 2.75) is 40.3 Å². The lowest BCUT2D eigenvalue weighted by Gasteiger charge is -2.23. The summed E-state index contributed by atoms with van der Waals surface area (Å²) >= 11 is 0. The third-order valence-electron chi connectivity index (χ3n) is 3.40. The van der Waals surface area contributed by atoms with Gasteiger partial charge in [-0.2, -0.15) is 0 Å². The van der Waals surface area contributed by atoms with Crippen LogP contribution >= 0.6 is 0 Å². The zero-order chi connectivity index (χ0) is 17.1. The first kappa shape index (κ1) is 19.7. The van der Waals surface area contributed by atoms with E-state index in [-0.39, 0.29) is 12.6 Å². The number of hydrogen-bond acceptors (Lipinski definition) is 3. The Hall–Kier alpha value is -1.34. The van der Waals surface area contributed by atoms with Crippen molar-refractivity contribution in [1.82, 2.24) is 10.2 Å². The van der Waals surface area contributed by atoms with Gasteiger partial charge in [-0.15, -0.1) is 0 Å². The highest BCUT2D eigenvalue weighted by molar-refractivity contribution is 5.16. The normalized spacial score (nSPS) is 12.5. The molecule has 0 heterocycles. The van der Waals surface area contributed by atoms with Crippen molar-refractivity contribution in [1.29, 1.82) is 0 Å². The fourth-order valence-electron chi connectivity index (χ4n) is 2.52. The Morgan fingerprint density at radius 1 is 1.04 bits per heavy atom. The molecule has 0 aliphatic rings. The van der Waals surface area contributed by atoms with Crippen LogP contribution in [0.5, 0.6) is 0 Å². The molecule has 0 spiro atoms. The first-order valence-electron chi connectivity index (χ1n) is 8.60. The van der Waals surface area contributed by atoms with Crippen LogP contribution in [-0.2, 0) is 6.54 Å². The number of nitrogens with zero attached hydrogens (tertiary/aromatic N) is 1. The van der Waals surface area contributed by atoms with Gasteiger partial charge in [0.25, 0.3) is 0 Å². The molecule has 0 saturated heterocycles. The highest BCUT2D eigenvalue weighted by Gasteiger charge is 2.08. The molecule has 128 valence electrons. The van der Waals surface area contributed by atoms with Crippen LogP contribution in [0, 0.1) is 23.7 Å². The zero-order valence-corrected chi connectivity index (χ0v) is 15.0. The Morgan fingerprint density at radius 3 is 2.17 bits per heavy atom. The third kappa shape index (κ3) is 9.40. The van der Waals surface area contributed by atoms with Gasteiger partial charge in [0.05, 0.1) is 19.2 Å². The largest absolute Gasteiger partial charge is 0.394 e. The summed E-state index contributed by atoms with van der Waals surface area (Å²) in [6, 6.07) is 10.0. The number of hydrogen-bond donors (Lipinski definition) is 2. The minimum absolute atomic E-state index is 0.0359. The van der Waals surface area contributed by atoms with Crippen molar-refractivity contribution in [3.05, 3.63) is 35.9 Å². The molecule has 0 radical (unpaired) electrons. The third-order valence-corrected chi connectivity index (χ3v) is 3.40. The molecule has 1 aromatic rings. The van der Waals surface area contributed by atoms with Crippen molar-refractivity contribution in [2.75, 3.05) is 26.2 Å². The van der Waals surface area contributed by atoms with Crippen LogP contribution < -0.4 is 5.32 Å². The Balaban J connectivity index is 2.48. The van der Waals surface area contributed by atoms with E-state index in [1.807, 2.05) is 18.2 Å². The van der Waals surface area contributed by atoms with Crippen molar-refractivity contribution < 1.29 is 5.11 Å². The summed E-state index contributed by atoms with van der Waals surface area (Å²) < 4.78 is 0. The lowest BCUT2D eigenvalue weighted by molar-refractivity contribution is 0.243. The van der Waals surface area contributed by atoms with Crippen molar-refractivity contribution >= 4 is 0 Å². The summed E-state index contributed by atoms with van der Waals surface area (Å²) in [4.78, 5) is 2.40. The van der Waals surface area contributed by atoms with Gasteiger partial charge in [0, 0.05) is 19.6 Å². The Labute approximate surface area is 142 Å². The maximum absolute atomic E-state index is 9.48. The quantitative estimate of drug-likeness (QED) is 0.688. The average Bonchev–Trinajstić information content (AvgIpc) is 2.50. The van der Waals surface area contributed by atoms with Gasteiger partial charge in [-0.1, -0.05) is 69.9 Å². The van der Waals surface area contributed by atoms with E-state index in [0.29, 0.717) is 11.8 Å². The minimum Gasteiger partial charge on any atom is -0.394 e. The predicted octanol–water partition coefficient (Wildman–Crippen LogP) is 2.75. The number of aliphatic hydroxyl groups is 1. The molecule has 0 aliphatic carbocycles. The van der Waals surface area contributed by atoms with E-state index < -0.39 is 0 Å². The number of rotatable bonds is 9. The SMILES string of the molecule is CC(C)CN(CC#C[C@@H](CO)NCc1ccccc1)CC(C)C. The van der Waals surface area contributed by atoms with Crippen LogP contribution in [0.2, 0.25) is 0 Å². The first-order valence-corrected chi connectivity index (χ1v) is 8.60. The molecule has 0 unspecified atom stereocenters. The zero-order valence-electron chi connectivity index (χ0n) is 15.0. The lowest BCUT2D eigenvalue weighted by atomic mass is 10.1. The van der Waals surface area contributed by atoms with Crippen LogP contribution in [0.25, 0.3) is 0 Å². The average molecular weight is 316 g/mol. The molecule has 2 N–H and O–H groups in total. The molecule has 0 fully saturated rings. The molecule has 3 nitrogen and oxygen atoms in total. The standard InChI is InChI=1S/C20H32N2O/c1-17(2)14-22(15-18(3)4)12-8-11-20(16-23)21-13-19-9-6-5-7-10-19/h5-7,9-10,17-18,20-21,23H,12-16H2,1-4H3/t20-/m0/s1. The highest BCUT2D eigenvalue weighted by atomic mass is 16.3. The Morgan fingerprint density at radius 2 is 1.65 bits per heavy atom. The molecule has 0 aliphatic heterocycles. The van der Waals surface area contributed by atoms with E-state index in [0.717, 1.165) is 26.2 Å². The van der Waals surface area contributed by atoms with Crippen molar-refractivity contribution in [3.63, 3.8) is 0 Å². The Bertz CT molecular complexity index is 463. The van der Waals surface area contributed by atoms with Gasteiger partial charge in [-0.25, -0.2) is 0 Å². The molecule has 3 heteroatoms. The second-order valence-electron chi connectivity index (χ2n) is 6.90. The van der Waals surface area contributed by atoms with E-state index in [4.69, 9.17) is 0 Å². The maximum Gasteiger partial charge on any atom is 0.0926 e. The monoisotopic (exact) mass is 316 g/mol. The van der Waals surface area contributed by atoms with E-state index in [2.05, 4.69) is 61.9 Å².